The average molecular weight is 380 g/mol. The fraction of sp³-hybridized carbons (Fsp3) is 0.143. The first-order valence-electron chi connectivity index (χ1n) is 6.97. The molecule has 1 atom stereocenters. The lowest BCUT2D eigenvalue weighted by atomic mass is 10.3. The van der Waals surface area contributed by atoms with E-state index in [2.05, 4.69) is 19.8 Å². The molecular weight excluding hydrogens is 368 g/mol. The van der Waals surface area contributed by atoms with Gasteiger partial charge in [0.15, 0.2) is 0 Å². The van der Waals surface area contributed by atoms with Gasteiger partial charge in [0, 0.05) is 6.20 Å². The number of carbonyl (C=O) groups is 1. The van der Waals surface area contributed by atoms with Crippen molar-refractivity contribution < 1.29 is 22.8 Å². The molecule has 0 aromatic carbocycles. The summed E-state index contributed by atoms with van der Waals surface area (Å²) >= 11 is 0.906. The predicted molar refractivity (Wildman–Crippen MR) is 88.3 cm³/mol. The van der Waals surface area contributed by atoms with Crippen molar-refractivity contribution in [2.24, 2.45) is 0 Å². The zero-order valence-electron chi connectivity index (χ0n) is 12.8. The SMILES string of the molecule is C[C@@H](NS(=O)(=O)c1ccc(-c2noc(-c3ccccn3)n2)s1)C(=O)O. The van der Waals surface area contributed by atoms with Gasteiger partial charge in [-0.05, 0) is 31.2 Å². The van der Waals surface area contributed by atoms with Crippen LogP contribution < -0.4 is 4.72 Å². The molecule has 3 aromatic rings. The van der Waals surface area contributed by atoms with Gasteiger partial charge in [-0.25, -0.2) is 8.42 Å². The highest BCUT2D eigenvalue weighted by Gasteiger charge is 2.24. The Labute approximate surface area is 146 Å². The molecule has 0 aliphatic heterocycles. The molecule has 0 aliphatic rings. The van der Waals surface area contributed by atoms with Crippen molar-refractivity contribution in [1.29, 1.82) is 0 Å². The molecule has 0 spiro atoms. The molecule has 0 fully saturated rings. The summed E-state index contributed by atoms with van der Waals surface area (Å²) in [4.78, 5) is 19.6. The minimum atomic E-state index is -3.95. The number of carboxylic acids is 1. The van der Waals surface area contributed by atoms with Crippen LogP contribution in [0.2, 0.25) is 0 Å². The lowest BCUT2D eigenvalue weighted by Crippen LogP contribution is -2.37. The van der Waals surface area contributed by atoms with Gasteiger partial charge in [-0.3, -0.25) is 9.78 Å². The zero-order valence-corrected chi connectivity index (χ0v) is 14.4. The average Bonchev–Trinajstić information content (AvgIpc) is 3.25. The van der Waals surface area contributed by atoms with E-state index < -0.39 is 22.0 Å². The largest absolute Gasteiger partial charge is 0.480 e. The molecule has 2 N–H and O–H groups in total. The first-order chi connectivity index (χ1) is 11.9. The van der Waals surface area contributed by atoms with E-state index in [1.807, 2.05) is 0 Å². The van der Waals surface area contributed by atoms with Gasteiger partial charge in [0.25, 0.3) is 15.9 Å². The quantitative estimate of drug-likeness (QED) is 0.658. The van der Waals surface area contributed by atoms with E-state index in [0.29, 0.717) is 10.6 Å². The Kier molecular flexibility index (Phi) is 4.61. The number of aromatic nitrogens is 3. The molecule has 130 valence electrons. The molecule has 3 heterocycles. The molecule has 9 nitrogen and oxygen atoms in total. The third kappa shape index (κ3) is 3.73. The summed E-state index contributed by atoms with van der Waals surface area (Å²) in [5, 5.41) is 12.6. The zero-order chi connectivity index (χ0) is 18.0. The minimum Gasteiger partial charge on any atom is -0.480 e. The third-order valence-corrected chi connectivity index (χ3v) is 6.19. The van der Waals surface area contributed by atoms with E-state index in [4.69, 9.17) is 9.63 Å². The third-order valence-electron chi connectivity index (χ3n) is 3.08. The van der Waals surface area contributed by atoms with Crippen LogP contribution in [0.4, 0.5) is 0 Å². The number of sulfonamides is 1. The number of hydrogen-bond donors (Lipinski definition) is 2. The molecule has 0 saturated heterocycles. The number of pyridine rings is 1. The van der Waals surface area contributed by atoms with E-state index in [9.17, 15) is 13.2 Å². The Morgan fingerprint density at radius 2 is 2.12 bits per heavy atom. The van der Waals surface area contributed by atoms with Crippen molar-refractivity contribution in [3.63, 3.8) is 0 Å². The molecule has 0 amide bonds. The number of nitrogens with one attached hydrogen (secondary N) is 1. The van der Waals surface area contributed by atoms with Gasteiger partial charge in [-0.15, -0.1) is 11.3 Å². The van der Waals surface area contributed by atoms with E-state index in [-0.39, 0.29) is 15.9 Å². The lowest BCUT2D eigenvalue weighted by Gasteiger charge is -2.07. The van der Waals surface area contributed by atoms with Crippen LogP contribution in [0.15, 0.2) is 45.3 Å². The second kappa shape index (κ2) is 6.70. The fourth-order valence-corrected chi connectivity index (χ4v) is 4.29. The fourth-order valence-electron chi connectivity index (χ4n) is 1.84. The highest BCUT2D eigenvalue weighted by molar-refractivity contribution is 7.91. The normalized spacial score (nSPS) is 12.8. The van der Waals surface area contributed by atoms with Crippen molar-refractivity contribution in [1.82, 2.24) is 19.8 Å². The van der Waals surface area contributed by atoms with Crippen molar-refractivity contribution in [2.45, 2.75) is 17.2 Å². The van der Waals surface area contributed by atoms with Crippen LogP contribution in [0.1, 0.15) is 6.92 Å². The van der Waals surface area contributed by atoms with Crippen LogP contribution in [0.5, 0.6) is 0 Å². The molecule has 11 heteroatoms. The monoisotopic (exact) mass is 380 g/mol. The molecule has 0 radical (unpaired) electrons. The summed E-state index contributed by atoms with van der Waals surface area (Å²) in [5.41, 5.74) is 0.502. The maximum Gasteiger partial charge on any atom is 0.321 e. The molecular formula is C14H12N4O5S2. The number of thiophene rings is 1. The van der Waals surface area contributed by atoms with Crippen molar-refractivity contribution in [3.8, 4) is 22.3 Å². The Balaban J connectivity index is 1.85. The number of carboxylic acid groups (broad SMARTS) is 1. The maximum atomic E-state index is 12.2. The van der Waals surface area contributed by atoms with Gasteiger partial charge >= 0.3 is 5.97 Å². The maximum absolute atomic E-state index is 12.2. The molecule has 25 heavy (non-hydrogen) atoms. The number of nitrogens with zero attached hydrogens (tertiary/aromatic N) is 3. The molecule has 0 bridgehead atoms. The summed E-state index contributed by atoms with van der Waals surface area (Å²) in [6, 6.07) is 6.88. The van der Waals surface area contributed by atoms with Gasteiger partial charge < -0.3 is 9.63 Å². The highest BCUT2D eigenvalue weighted by Crippen LogP contribution is 2.30. The Morgan fingerprint density at radius 3 is 2.80 bits per heavy atom. The topological polar surface area (TPSA) is 135 Å². The molecule has 0 saturated carbocycles. The van der Waals surface area contributed by atoms with E-state index in [1.165, 1.54) is 19.1 Å². The van der Waals surface area contributed by atoms with Crippen molar-refractivity contribution >= 4 is 27.3 Å². The van der Waals surface area contributed by atoms with Crippen LogP contribution in [-0.4, -0.2) is 40.7 Å². The highest BCUT2D eigenvalue weighted by atomic mass is 32.2. The summed E-state index contributed by atoms with van der Waals surface area (Å²) in [6.07, 6.45) is 1.59. The molecule has 0 aliphatic carbocycles. The summed E-state index contributed by atoms with van der Waals surface area (Å²) in [6.45, 7) is 1.24. The van der Waals surface area contributed by atoms with Crippen molar-refractivity contribution in [3.05, 3.63) is 36.5 Å². The van der Waals surface area contributed by atoms with E-state index in [0.717, 1.165) is 11.3 Å². The number of rotatable bonds is 6. The van der Waals surface area contributed by atoms with Crippen LogP contribution in [0, 0.1) is 0 Å². The van der Waals surface area contributed by atoms with Gasteiger partial charge in [-0.1, -0.05) is 11.2 Å². The Bertz CT molecular complexity index is 997. The van der Waals surface area contributed by atoms with Gasteiger partial charge in [0.1, 0.15) is 15.9 Å². The van der Waals surface area contributed by atoms with Crippen LogP contribution in [-0.2, 0) is 14.8 Å². The smallest absolute Gasteiger partial charge is 0.321 e. The van der Waals surface area contributed by atoms with E-state index >= 15 is 0 Å². The van der Waals surface area contributed by atoms with Crippen molar-refractivity contribution in [2.75, 3.05) is 0 Å². The number of aliphatic carboxylic acids is 1. The first-order valence-corrected chi connectivity index (χ1v) is 9.27. The molecule has 3 aromatic heterocycles. The van der Waals surface area contributed by atoms with Crippen LogP contribution in [0.25, 0.3) is 22.3 Å². The first kappa shape index (κ1) is 17.2. The molecule has 3 rings (SSSR count). The van der Waals surface area contributed by atoms with Gasteiger partial charge in [0.05, 0.1) is 4.88 Å². The number of hydrogen-bond acceptors (Lipinski definition) is 8. The Hall–Kier alpha value is -2.63. The second-order valence-electron chi connectivity index (χ2n) is 4.94. The Morgan fingerprint density at radius 1 is 1.32 bits per heavy atom. The summed E-state index contributed by atoms with van der Waals surface area (Å²) < 4.78 is 31.5. The summed E-state index contributed by atoms with van der Waals surface area (Å²) in [5.74, 6) is -0.831. The lowest BCUT2D eigenvalue weighted by molar-refractivity contribution is -0.138. The van der Waals surface area contributed by atoms with Crippen LogP contribution in [0.3, 0.4) is 0 Å². The predicted octanol–water partition coefficient (Wildman–Crippen LogP) is 1.61. The van der Waals surface area contributed by atoms with E-state index in [1.54, 1.807) is 24.4 Å². The van der Waals surface area contributed by atoms with Gasteiger partial charge in [0.2, 0.25) is 5.82 Å². The van der Waals surface area contributed by atoms with Gasteiger partial charge in [-0.2, -0.15) is 9.71 Å². The second-order valence-corrected chi connectivity index (χ2v) is 7.96. The standard InChI is InChI=1S/C14H12N4O5S2/c1-8(14(19)20)18-25(21,22)11-6-5-10(24-11)12-16-13(23-17-12)9-4-2-3-7-15-9/h2-8,18H,1H3,(H,19,20)/t8-/m1/s1. The molecule has 0 unspecified atom stereocenters. The van der Waals surface area contributed by atoms with Crippen LogP contribution >= 0.6 is 11.3 Å². The minimum absolute atomic E-state index is 0.0419. The summed E-state index contributed by atoms with van der Waals surface area (Å²) in [7, 11) is -3.95.